The molecule has 0 saturated carbocycles. The molecule has 0 fully saturated rings. The number of rotatable bonds is 8. The Labute approximate surface area is 154 Å². The van der Waals surface area contributed by atoms with Crippen LogP contribution in [0.15, 0.2) is 48.5 Å². The van der Waals surface area contributed by atoms with Gasteiger partial charge in [-0.2, -0.15) is 0 Å². The molecule has 1 unspecified atom stereocenters. The molecule has 0 amide bonds. The van der Waals surface area contributed by atoms with Gasteiger partial charge in [0.25, 0.3) is 0 Å². The van der Waals surface area contributed by atoms with Crippen LogP contribution in [0.5, 0.6) is 11.5 Å². The van der Waals surface area contributed by atoms with Crippen LogP contribution >= 0.6 is 7.82 Å². The lowest BCUT2D eigenvalue weighted by atomic mass is 9.91. The van der Waals surface area contributed by atoms with Gasteiger partial charge < -0.3 is 9.63 Å². The molecule has 0 saturated heterocycles. The maximum Gasteiger partial charge on any atom is 0.527 e. The van der Waals surface area contributed by atoms with E-state index in [0.717, 1.165) is 24.0 Å². The van der Waals surface area contributed by atoms with Gasteiger partial charge >= 0.3 is 7.82 Å². The minimum Gasteiger partial charge on any atom is -0.508 e. The Bertz CT molecular complexity index is 794. The quantitative estimate of drug-likeness (QED) is 0.461. The summed E-state index contributed by atoms with van der Waals surface area (Å²) in [6, 6.07) is 14.3. The second-order valence-electron chi connectivity index (χ2n) is 5.71. The second kappa shape index (κ2) is 9.04. The lowest BCUT2D eigenvalue weighted by Gasteiger charge is -2.15. The Balaban J connectivity index is 2.34. The zero-order chi connectivity index (χ0) is 19.2. The lowest BCUT2D eigenvalue weighted by molar-refractivity contribution is 0.213. The molecule has 0 bridgehead atoms. The largest absolute Gasteiger partial charge is 0.527 e. The van der Waals surface area contributed by atoms with E-state index >= 15 is 0 Å². The van der Waals surface area contributed by atoms with Crippen LogP contribution in [0.3, 0.4) is 0 Å². The molecule has 0 aliphatic rings. The zero-order valence-corrected chi connectivity index (χ0v) is 16.2. The molecule has 140 valence electrons. The van der Waals surface area contributed by atoms with E-state index in [4.69, 9.17) is 9.05 Å². The first-order valence-corrected chi connectivity index (χ1v) is 10.2. The predicted octanol–water partition coefficient (Wildman–Crippen LogP) is 5.64. The summed E-state index contributed by atoms with van der Waals surface area (Å²) in [5.74, 6) is 0.526. The number of phosphoric ester groups is 1. The monoisotopic (exact) mass is 376 g/mol. The first kappa shape index (κ1) is 20.2. The number of allylic oxidation sites excluding steroid dienone is 2. The highest BCUT2D eigenvalue weighted by atomic mass is 31.2. The Morgan fingerprint density at radius 2 is 1.35 bits per heavy atom. The van der Waals surface area contributed by atoms with E-state index in [9.17, 15) is 14.6 Å². The summed E-state index contributed by atoms with van der Waals surface area (Å²) in [5, 5.41) is 9.50. The molecule has 0 heterocycles. The average molecular weight is 376 g/mol. The van der Waals surface area contributed by atoms with Gasteiger partial charge in [-0.3, -0.25) is 9.42 Å². The normalized spacial score (nSPS) is 14.5. The van der Waals surface area contributed by atoms with Crippen molar-refractivity contribution in [2.45, 2.75) is 33.6 Å². The molecule has 6 heteroatoms. The molecule has 1 atom stereocenters. The Hall–Kier alpha value is -2.07. The van der Waals surface area contributed by atoms with E-state index in [-0.39, 0.29) is 18.1 Å². The number of phosphoric acid groups is 1. The lowest BCUT2D eigenvalue weighted by Crippen LogP contribution is -1.97. The third kappa shape index (κ3) is 5.21. The Morgan fingerprint density at radius 3 is 1.77 bits per heavy atom. The van der Waals surface area contributed by atoms with E-state index in [2.05, 4.69) is 13.8 Å². The molecule has 0 radical (unpaired) electrons. The maximum absolute atomic E-state index is 11.7. The van der Waals surface area contributed by atoms with E-state index in [0.29, 0.717) is 0 Å². The molecule has 0 aliphatic carbocycles. The summed E-state index contributed by atoms with van der Waals surface area (Å²) in [4.78, 5) is 9.57. The molecular weight excluding hydrogens is 351 g/mol. The van der Waals surface area contributed by atoms with Crippen molar-refractivity contribution in [1.29, 1.82) is 0 Å². The number of benzene rings is 2. The molecule has 2 aromatic carbocycles. The van der Waals surface area contributed by atoms with Gasteiger partial charge in [0, 0.05) is 0 Å². The molecule has 26 heavy (non-hydrogen) atoms. The third-order valence-electron chi connectivity index (χ3n) is 4.00. The highest BCUT2D eigenvalue weighted by Gasteiger charge is 2.21. The van der Waals surface area contributed by atoms with Crippen molar-refractivity contribution in [2.75, 3.05) is 6.61 Å². The van der Waals surface area contributed by atoms with Gasteiger partial charge in [0.15, 0.2) is 0 Å². The van der Waals surface area contributed by atoms with Crippen molar-refractivity contribution in [1.82, 2.24) is 0 Å². The number of hydrogen-bond acceptors (Lipinski definition) is 4. The summed E-state index contributed by atoms with van der Waals surface area (Å²) in [6.07, 6.45) is 1.68. The third-order valence-corrected chi connectivity index (χ3v) is 5.03. The van der Waals surface area contributed by atoms with E-state index in [1.807, 2.05) is 24.3 Å². The van der Waals surface area contributed by atoms with Gasteiger partial charge in [-0.05, 0) is 66.3 Å². The molecule has 0 spiro atoms. The van der Waals surface area contributed by atoms with Crippen LogP contribution in [0, 0.1) is 0 Å². The number of phenolic OH excluding ortho intramolecular Hbond substituents is 1. The van der Waals surface area contributed by atoms with Crippen LogP contribution < -0.4 is 4.52 Å². The van der Waals surface area contributed by atoms with E-state index in [1.165, 1.54) is 11.1 Å². The van der Waals surface area contributed by atoms with Crippen LogP contribution in [-0.2, 0) is 9.09 Å². The van der Waals surface area contributed by atoms with Crippen LogP contribution in [0.2, 0.25) is 0 Å². The smallest absolute Gasteiger partial charge is 0.508 e. The molecule has 0 aliphatic heterocycles. The summed E-state index contributed by atoms with van der Waals surface area (Å²) >= 11 is 0. The van der Waals surface area contributed by atoms with Gasteiger partial charge in [0.05, 0.1) is 6.61 Å². The summed E-state index contributed by atoms with van der Waals surface area (Å²) in [7, 11) is -4.07. The minimum absolute atomic E-state index is 0.0983. The topological polar surface area (TPSA) is 76.0 Å². The van der Waals surface area contributed by atoms with Crippen molar-refractivity contribution < 1.29 is 23.6 Å². The Kier molecular flexibility index (Phi) is 7.04. The molecule has 2 rings (SSSR count). The molecular formula is C20H25O5P. The molecule has 0 aromatic heterocycles. The van der Waals surface area contributed by atoms with E-state index in [1.54, 1.807) is 31.2 Å². The number of phenols is 1. The molecule has 2 aromatic rings. The molecule has 2 N–H and O–H groups in total. The van der Waals surface area contributed by atoms with Gasteiger partial charge in [-0.1, -0.05) is 38.1 Å². The Morgan fingerprint density at radius 1 is 0.885 bits per heavy atom. The van der Waals surface area contributed by atoms with Crippen LogP contribution in [0.25, 0.3) is 11.1 Å². The van der Waals surface area contributed by atoms with Crippen molar-refractivity contribution in [3.05, 3.63) is 59.7 Å². The second-order valence-corrected chi connectivity index (χ2v) is 7.09. The van der Waals surface area contributed by atoms with Crippen molar-refractivity contribution in [3.8, 4) is 11.5 Å². The number of aromatic hydroxyl groups is 1. The van der Waals surface area contributed by atoms with E-state index < -0.39 is 7.82 Å². The van der Waals surface area contributed by atoms with Gasteiger partial charge in [0.1, 0.15) is 11.5 Å². The highest BCUT2D eigenvalue weighted by Crippen LogP contribution is 2.44. The summed E-state index contributed by atoms with van der Waals surface area (Å²) in [5.41, 5.74) is 4.47. The zero-order valence-electron chi connectivity index (χ0n) is 15.3. The van der Waals surface area contributed by atoms with Crippen LogP contribution in [0.1, 0.15) is 44.7 Å². The van der Waals surface area contributed by atoms with Gasteiger partial charge in [0.2, 0.25) is 0 Å². The highest BCUT2D eigenvalue weighted by molar-refractivity contribution is 7.47. The van der Waals surface area contributed by atoms with Crippen molar-refractivity contribution in [2.24, 2.45) is 0 Å². The maximum atomic E-state index is 11.7. The van der Waals surface area contributed by atoms with Crippen LogP contribution in [-0.4, -0.2) is 16.6 Å². The predicted molar refractivity (Wildman–Crippen MR) is 104 cm³/mol. The van der Waals surface area contributed by atoms with Crippen molar-refractivity contribution >= 4 is 19.0 Å². The fourth-order valence-electron chi connectivity index (χ4n) is 2.89. The van der Waals surface area contributed by atoms with Crippen LogP contribution in [0.4, 0.5) is 0 Å². The fraction of sp³-hybridized carbons (Fsp3) is 0.300. The fourth-order valence-corrected chi connectivity index (χ4v) is 3.65. The number of hydrogen-bond donors (Lipinski definition) is 2. The average Bonchev–Trinajstić information content (AvgIpc) is 2.61. The standard InChI is InChI=1S/C20H25O5P/c1-4-19(15-7-11-17(21)12-8-15)20(5-2)16-9-13-18(14-10-16)25-26(22,23)24-6-3/h7-14,21H,4-6H2,1-3H3,(H,22,23)/b20-19+. The first-order chi connectivity index (χ1) is 12.4. The minimum atomic E-state index is -4.07. The first-order valence-electron chi connectivity index (χ1n) is 8.69. The molecule has 5 nitrogen and oxygen atoms in total. The van der Waals surface area contributed by atoms with Gasteiger partial charge in [-0.15, -0.1) is 0 Å². The van der Waals surface area contributed by atoms with Gasteiger partial charge in [-0.25, -0.2) is 4.57 Å². The summed E-state index contributed by atoms with van der Waals surface area (Å²) < 4.78 is 21.5. The summed E-state index contributed by atoms with van der Waals surface area (Å²) in [6.45, 7) is 5.91. The van der Waals surface area contributed by atoms with Crippen molar-refractivity contribution in [3.63, 3.8) is 0 Å². The SMILES string of the molecule is CCOP(=O)(O)Oc1ccc(/C(CC)=C(\CC)c2ccc(O)cc2)cc1.